The van der Waals surface area contributed by atoms with Crippen LogP contribution in [0.1, 0.15) is 32.4 Å². The summed E-state index contributed by atoms with van der Waals surface area (Å²) in [4.78, 5) is 0. The van der Waals surface area contributed by atoms with Gasteiger partial charge in [-0.05, 0) is 44.9 Å². The highest BCUT2D eigenvalue weighted by atomic mass is 32.2. The van der Waals surface area contributed by atoms with Gasteiger partial charge in [0.05, 0.1) is 6.54 Å². The first-order chi connectivity index (χ1) is 8.96. The summed E-state index contributed by atoms with van der Waals surface area (Å²) >= 11 is 0. The Labute approximate surface area is 115 Å². The molecule has 2 rings (SSSR count). The van der Waals surface area contributed by atoms with Gasteiger partial charge in [0.15, 0.2) is 0 Å². The second kappa shape index (κ2) is 5.64. The number of hydrogen-bond acceptors (Lipinski definition) is 4. The zero-order valence-electron chi connectivity index (χ0n) is 11.7. The molecule has 2 atom stereocenters. The number of sulfonamides is 1. The third-order valence-corrected chi connectivity index (χ3v) is 5.73. The van der Waals surface area contributed by atoms with Gasteiger partial charge in [-0.25, -0.2) is 8.42 Å². The molecule has 0 aliphatic carbocycles. The molecule has 1 N–H and O–H groups in total. The van der Waals surface area contributed by atoms with Crippen LogP contribution in [-0.2, 0) is 16.6 Å². The maximum Gasteiger partial charge on any atom is 0.276 e. The molecule has 2 unspecified atom stereocenters. The lowest BCUT2D eigenvalue weighted by molar-refractivity contribution is 0.198. The topological polar surface area (TPSA) is 62.6 Å². The molecule has 1 aromatic heterocycles. The van der Waals surface area contributed by atoms with E-state index in [4.69, 9.17) is 4.42 Å². The van der Waals surface area contributed by atoms with Gasteiger partial charge in [-0.2, -0.15) is 4.31 Å². The summed E-state index contributed by atoms with van der Waals surface area (Å²) in [5.74, 6) is 1.02. The number of rotatable bonds is 4. The highest BCUT2D eigenvalue weighted by Crippen LogP contribution is 2.29. The number of nitrogens with one attached hydrogen (secondary N) is 1. The summed E-state index contributed by atoms with van der Waals surface area (Å²) in [5.41, 5.74) is 0. The van der Waals surface area contributed by atoms with E-state index in [9.17, 15) is 8.42 Å². The highest BCUT2D eigenvalue weighted by molar-refractivity contribution is 7.89. The third-order valence-electron chi connectivity index (χ3n) is 3.87. The number of hydrogen-bond donors (Lipinski definition) is 1. The van der Waals surface area contributed by atoms with Gasteiger partial charge in [-0.3, -0.25) is 0 Å². The molecule has 1 aliphatic rings. The minimum atomic E-state index is -3.50. The van der Waals surface area contributed by atoms with Gasteiger partial charge < -0.3 is 9.73 Å². The molecule has 0 saturated carbocycles. The maximum absolute atomic E-state index is 12.6. The van der Waals surface area contributed by atoms with E-state index >= 15 is 0 Å². The Morgan fingerprint density at radius 2 is 2.16 bits per heavy atom. The van der Waals surface area contributed by atoms with Crippen molar-refractivity contribution in [3.63, 3.8) is 0 Å². The SMILES string of the molecule is CNCc1ccc(S(=O)(=O)N2CCCC(C)C2C)o1. The van der Waals surface area contributed by atoms with Crippen LogP contribution in [0.2, 0.25) is 0 Å². The first-order valence-electron chi connectivity index (χ1n) is 6.72. The third kappa shape index (κ3) is 2.85. The van der Waals surface area contributed by atoms with Crippen LogP contribution in [0.15, 0.2) is 21.6 Å². The molecule has 0 aromatic carbocycles. The largest absolute Gasteiger partial charge is 0.447 e. The molecule has 1 aromatic rings. The Bertz CT molecular complexity index is 524. The van der Waals surface area contributed by atoms with Crippen LogP contribution < -0.4 is 5.32 Å². The molecule has 1 aliphatic heterocycles. The molecular formula is C13H22N2O3S. The standard InChI is InChI=1S/C13H22N2O3S/c1-10-5-4-8-15(11(10)2)19(16,17)13-7-6-12(18-13)9-14-3/h6-7,10-11,14H,4-5,8-9H2,1-3H3. The Kier molecular flexibility index (Phi) is 4.32. The monoisotopic (exact) mass is 286 g/mol. The van der Waals surface area contributed by atoms with Crippen molar-refractivity contribution in [3.8, 4) is 0 Å². The first-order valence-corrected chi connectivity index (χ1v) is 8.16. The lowest BCUT2D eigenvalue weighted by atomic mass is 9.94. The predicted octanol–water partition coefficient (Wildman–Crippen LogP) is 1.81. The van der Waals surface area contributed by atoms with Crippen molar-refractivity contribution in [1.82, 2.24) is 9.62 Å². The number of piperidine rings is 1. The molecule has 0 spiro atoms. The van der Waals surface area contributed by atoms with Gasteiger partial charge in [-0.15, -0.1) is 0 Å². The average molecular weight is 286 g/mol. The summed E-state index contributed by atoms with van der Waals surface area (Å²) in [6.45, 7) is 5.18. The number of nitrogens with zero attached hydrogens (tertiary/aromatic N) is 1. The fraction of sp³-hybridized carbons (Fsp3) is 0.692. The molecule has 1 saturated heterocycles. The van der Waals surface area contributed by atoms with E-state index in [0.29, 0.717) is 24.8 Å². The fourth-order valence-electron chi connectivity index (χ4n) is 2.52. The Morgan fingerprint density at radius 1 is 1.42 bits per heavy atom. The summed E-state index contributed by atoms with van der Waals surface area (Å²) < 4.78 is 32.2. The minimum absolute atomic E-state index is 0.0246. The van der Waals surface area contributed by atoms with Gasteiger partial charge in [0, 0.05) is 12.6 Å². The van der Waals surface area contributed by atoms with Crippen LogP contribution in [0, 0.1) is 5.92 Å². The van der Waals surface area contributed by atoms with Gasteiger partial charge in [0.25, 0.3) is 10.0 Å². The zero-order chi connectivity index (χ0) is 14.0. The highest BCUT2D eigenvalue weighted by Gasteiger charge is 2.36. The molecule has 19 heavy (non-hydrogen) atoms. The smallest absolute Gasteiger partial charge is 0.276 e. The van der Waals surface area contributed by atoms with Crippen LogP contribution in [0.4, 0.5) is 0 Å². The van der Waals surface area contributed by atoms with Crippen LogP contribution >= 0.6 is 0 Å². The van der Waals surface area contributed by atoms with Crippen molar-refractivity contribution >= 4 is 10.0 Å². The van der Waals surface area contributed by atoms with Crippen LogP contribution in [-0.4, -0.2) is 32.4 Å². The van der Waals surface area contributed by atoms with E-state index in [-0.39, 0.29) is 11.1 Å². The Morgan fingerprint density at radius 3 is 2.84 bits per heavy atom. The van der Waals surface area contributed by atoms with E-state index in [0.717, 1.165) is 12.8 Å². The molecular weight excluding hydrogens is 264 g/mol. The molecule has 2 heterocycles. The molecule has 0 radical (unpaired) electrons. The minimum Gasteiger partial charge on any atom is -0.447 e. The van der Waals surface area contributed by atoms with E-state index in [1.807, 2.05) is 6.92 Å². The molecule has 0 amide bonds. The lowest BCUT2D eigenvalue weighted by Gasteiger charge is -2.36. The van der Waals surface area contributed by atoms with Crippen molar-refractivity contribution in [1.29, 1.82) is 0 Å². The van der Waals surface area contributed by atoms with Gasteiger partial charge in [-0.1, -0.05) is 6.92 Å². The van der Waals surface area contributed by atoms with Crippen molar-refractivity contribution in [2.45, 2.75) is 44.4 Å². The molecule has 108 valence electrons. The van der Waals surface area contributed by atoms with Gasteiger partial charge >= 0.3 is 0 Å². The fourth-order valence-corrected chi connectivity index (χ4v) is 4.22. The summed E-state index contributed by atoms with van der Waals surface area (Å²) in [7, 11) is -1.71. The van der Waals surface area contributed by atoms with E-state index in [2.05, 4.69) is 12.2 Å². The first kappa shape index (κ1) is 14.6. The van der Waals surface area contributed by atoms with Gasteiger partial charge in [0.1, 0.15) is 5.76 Å². The molecule has 6 heteroatoms. The Hall–Kier alpha value is -0.850. The maximum atomic E-state index is 12.6. The second-order valence-electron chi connectivity index (χ2n) is 5.23. The quantitative estimate of drug-likeness (QED) is 0.917. The van der Waals surface area contributed by atoms with E-state index < -0.39 is 10.0 Å². The molecule has 1 fully saturated rings. The zero-order valence-corrected chi connectivity index (χ0v) is 12.5. The predicted molar refractivity (Wildman–Crippen MR) is 73.2 cm³/mol. The Balaban J connectivity index is 2.25. The molecule has 0 bridgehead atoms. The number of furan rings is 1. The van der Waals surface area contributed by atoms with E-state index in [1.165, 1.54) is 0 Å². The lowest BCUT2D eigenvalue weighted by Crippen LogP contribution is -2.45. The summed E-state index contributed by atoms with van der Waals surface area (Å²) in [6.07, 6.45) is 1.99. The van der Waals surface area contributed by atoms with Crippen molar-refractivity contribution in [2.75, 3.05) is 13.6 Å². The van der Waals surface area contributed by atoms with Crippen LogP contribution in [0.25, 0.3) is 0 Å². The van der Waals surface area contributed by atoms with Crippen LogP contribution in [0.3, 0.4) is 0 Å². The normalized spacial score (nSPS) is 25.6. The summed E-state index contributed by atoms with van der Waals surface area (Å²) in [5, 5.41) is 3.00. The van der Waals surface area contributed by atoms with Crippen molar-refractivity contribution < 1.29 is 12.8 Å². The molecule has 5 nitrogen and oxygen atoms in total. The van der Waals surface area contributed by atoms with Crippen LogP contribution in [0.5, 0.6) is 0 Å². The van der Waals surface area contributed by atoms with Gasteiger partial charge in [0.2, 0.25) is 5.09 Å². The second-order valence-corrected chi connectivity index (χ2v) is 7.05. The van der Waals surface area contributed by atoms with Crippen molar-refractivity contribution in [3.05, 3.63) is 17.9 Å². The summed E-state index contributed by atoms with van der Waals surface area (Å²) in [6, 6.07) is 3.28. The van der Waals surface area contributed by atoms with E-state index in [1.54, 1.807) is 23.5 Å². The average Bonchev–Trinajstić information content (AvgIpc) is 2.82. The van der Waals surface area contributed by atoms with Crippen molar-refractivity contribution in [2.24, 2.45) is 5.92 Å².